The van der Waals surface area contributed by atoms with Crippen molar-refractivity contribution >= 4 is 40.1 Å². The number of hydrogen-bond donors (Lipinski definition) is 1. The van der Waals surface area contributed by atoms with E-state index < -0.39 is 11.2 Å². The lowest BCUT2D eigenvalue weighted by atomic mass is 9.71. The number of halogens is 2. The summed E-state index contributed by atoms with van der Waals surface area (Å²) in [7, 11) is 0. The molecule has 1 saturated heterocycles. The van der Waals surface area contributed by atoms with Gasteiger partial charge in [-0.1, -0.05) is 42.1 Å². The van der Waals surface area contributed by atoms with Gasteiger partial charge in [0.1, 0.15) is 17.9 Å². The van der Waals surface area contributed by atoms with Crippen molar-refractivity contribution in [3.05, 3.63) is 73.1 Å². The van der Waals surface area contributed by atoms with Crippen LogP contribution in [0.15, 0.2) is 39.5 Å². The third-order valence-electron chi connectivity index (χ3n) is 8.16. The molecule has 196 valence electrons. The minimum atomic E-state index is -0.650. The summed E-state index contributed by atoms with van der Waals surface area (Å²) in [5.41, 5.74) is 1.90. The Bertz CT molecular complexity index is 1420. The number of carbonyl (C=O) groups is 1. The van der Waals surface area contributed by atoms with E-state index in [-0.39, 0.29) is 24.9 Å². The van der Waals surface area contributed by atoms with E-state index in [1.165, 1.54) is 0 Å². The summed E-state index contributed by atoms with van der Waals surface area (Å²) < 4.78 is 11.7. The molecule has 2 unspecified atom stereocenters. The van der Waals surface area contributed by atoms with Gasteiger partial charge in [0.25, 0.3) is 0 Å². The van der Waals surface area contributed by atoms with Crippen LogP contribution in [0.1, 0.15) is 54.4 Å². The minimum absolute atomic E-state index is 0.0123. The fourth-order valence-corrected chi connectivity index (χ4v) is 6.25. The molecule has 37 heavy (non-hydrogen) atoms. The van der Waals surface area contributed by atoms with Crippen molar-refractivity contribution in [3.8, 4) is 5.75 Å². The maximum absolute atomic E-state index is 13.2. The quantitative estimate of drug-likeness (QED) is 0.399. The second-order valence-corrected chi connectivity index (χ2v) is 11.2. The van der Waals surface area contributed by atoms with Crippen molar-refractivity contribution in [3.63, 3.8) is 0 Å². The first-order chi connectivity index (χ1) is 17.7. The lowest BCUT2D eigenvalue weighted by molar-refractivity contribution is -0.142. The molecule has 1 saturated carbocycles. The van der Waals surface area contributed by atoms with E-state index in [4.69, 9.17) is 32.4 Å². The molecule has 2 fully saturated rings. The molecule has 5 rings (SSSR count). The standard InChI is InChI=1S/C29H31Cl2NO5/c1-17-22-8-9-25(36-16-19-6-7-21(30)13-24(19)31)18(2)27(22)37-28(34)23(17)14-26(33)32-12-11-29(35)10-4-3-5-20(29)15-32/h6-9,13,20,35H,3-5,10-12,14-16H2,1-2H3. The molecule has 1 N–H and O–H groups in total. The molecular weight excluding hydrogens is 513 g/mol. The van der Waals surface area contributed by atoms with Crippen LogP contribution in [0.4, 0.5) is 0 Å². The fourth-order valence-electron chi connectivity index (χ4n) is 5.79. The number of hydrogen-bond acceptors (Lipinski definition) is 5. The smallest absolute Gasteiger partial charge is 0.340 e. The molecule has 2 atom stereocenters. The van der Waals surface area contributed by atoms with Gasteiger partial charge in [0.05, 0.1) is 17.6 Å². The van der Waals surface area contributed by atoms with E-state index in [0.717, 1.165) is 42.2 Å². The Morgan fingerprint density at radius 1 is 1.16 bits per heavy atom. The van der Waals surface area contributed by atoms with Crippen LogP contribution in [0, 0.1) is 19.8 Å². The number of piperidine rings is 1. The van der Waals surface area contributed by atoms with Crippen LogP contribution in [0.2, 0.25) is 10.0 Å². The van der Waals surface area contributed by atoms with Crippen LogP contribution in [0.5, 0.6) is 5.75 Å². The third-order valence-corrected chi connectivity index (χ3v) is 8.75. The highest BCUT2D eigenvalue weighted by atomic mass is 35.5. The van der Waals surface area contributed by atoms with Crippen LogP contribution in [-0.2, 0) is 17.8 Å². The van der Waals surface area contributed by atoms with Crippen molar-refractivity contribution in [2.75, 3.05) is 13.1 Å². The van der Waals surface area contributed by atoms with Gasteiger partial charge in [-0.2, -0.15) is 0 Å². The average molecular weight is 544 g/mol. The summed E-state index contributed by atoms with van der Waals surface area (Å²) in [5, 5.41) is 12.8. The van der Waals surface area contributed by atoms with Crippen molar-refractivity contribution < 1.29 is 19.1 Å². The van der Waals surface area contributed by atoms with Crippen molar-refractivity contribution in [2.45, 2.75) is 64.6 Å². The van der Waals surface area contributed by atoms with Crippen LogP contribution in [-0.4, -0.2) is 34.6 Å². The lowest BCUT2D eigenvalue weighted by Crippen LogP contribution is -2.55. The van der Waals surface area contributed by atoms with Gasteiger partial charge < -0.3 is 19.2 Å². The molecule has 1 aliphatic carbocycles. The molecule has 8 heteroatoms. The van der Waals surface area contributed by atoms with E-state index in [9.17, 15) is 14.7 Å². The maximum atomic E-state index is 13.2. The molecule has 6 nitrogen and oxygen atoms in total. The lowest BCUT2D eigenvalue weighted by Gasteiger charge is -2.47. The molecule has 1 aliphatic heterocycles. The molecule has 0 bridgehead atoms. The Balaban J connectivity index is 1.35. The van der Waals surface area contributed by atoms with E-state index in [1.54, 1.807) is 17.0 Å². The summed E-state index contributed by atoms with van der Waals surface area (Å²) in [4.78, 5) is 28.0. The molecule has 0 radical (unpaired) electrons. The summed E-state index contributed by atoms with van der Waals surface area (Å²) in [6.45, 7) is 4.99. The third kappa shape index (κ3) is 5.12. The largest absolute Gasteiger partial charge is 0.488 e. The zero-order valence-corrected chi connectivity index (χ0v) is 22.6. The Morgan fingerprint density at radius 2 is 1.97 bits per heavy atom. The van der Waals surface area contributed by atoms with E-state index >= 15 is 0 Å². The van der Waals surface area contributed by atoms with Gasteiger partial charge in [0.15, 0.2) is 0 Å². The zero-order valence-electron chi connectivity index (χ0n) is 21.1. The Morgan fingerprint density at radius 3 is 2.76 bits per heavy atom. The molecule has 1 amide bonds. The van der Waals surface area contributed by atoms with Crippen LogP contribution >= 0.6 is 23.2 Å². The number of likely N-dealkylation sites (tertiary alicyclic amines) is 1. The second kappa shape index (κ2) is 10.3. The van der Waals surface area contributed by atoms with Gasteiger partial charge in [-0.05, 0) is 62.9 Å². The molecular formula is C29H31Cl2NO5. The highest BCUT2D eigenvalue weighted by Crippen LogP contribution is 2.40. The Labute approximate surface area is 226 Å². The summed E-state index contributed by atoms with van der Waals surface area (Å²) in [5.74, 6) is 0.592. The van der Waals surface area contributed by atoms with Crippen LogP contribution < -0.4 is 10.4 Å². The molecule has 1 aromatic heterocycles. The van der Waals surface area contributed by atoms with Gasteiger partial charge in [0.2, 0.25) is 5.91 Å². The topological polar surface area (TPSA) is 80.0 Å². The Kier molecular flexibility index (Phi) is 7.27. The normalized spacial score (nSPS) is 21.6. The van der Waals surface area contributed by atoms with Crippen molar-refractivity contribution in [1.82, 2.24) is 4.90 Å². The van der Waals surface area contributed by atoms with Crippen molar-refractivity contribution in [1.29, 1.82) is 0 Å². The SMILES string of the molecule is Cc1c(CC(=O)N2CCC3(O)CCCCC3C2)c(=O)oc2c(C)c(OCc3ccc(Cl)cc3Cl)ccc12. The van der Waals surface area contributed by atoms with Crippen LogP contribution in [0.25, 0.3) is 11.0 Å². The zero-order chi connectivity index (χ0) is 26.3. The first kappa shape index (κ1) is 26.1. The fraction of sp³-hybridized carbons (Fsp3) is 0.448. The predicted octanol–water partition coefficient (Wildman–Crippen LogP) is 5.99. The summed E-state index contributed by atoms with van der Waals surface area (Å²) in [6.07, 6.45) is 4.45. The summed E-state index contributed by atoms with van der Waals surface area (Å²) >= 11 is 12.2. The number of aliphatic hydroxyl groups is 1. The van der Waals surface area contributed by atoms with Gasteiger partial charge in [-0.25, -0.2) is 4.79 Å². The van der Waals surface area contributed by atoms with E-state index in [0.29, 0.717) is 52.0 Å². The first-order valence-electron chi connectivity index (χ1n) is 12.8. The van der Waals surface area contributed by atoms with E-state index in [1.807, 2.05) is 32.0 Å². The number of fused-ring (bicyclic) bond motifs is 2. The number of carbonyl (C=O) groups excluding carboxylic acids is 1. The monoisotopic (exact) mass is 543 g/mol. The van der Waals surface area contributed by atoms with Gasteiger partial charge in [-0.15, -0.1) is 0 Å². The average Bonchev–Trinajstić information content (AvgIpc) is 2.86. The van der Waals surface area contributed by atoms with Gasteiger partial charge in [-0.3, -0.25) is 4.79 Å². The van der Waals surface area contributed by atoms with Gasteiger partial charge >= 0.3 is 5.63 Å². The number of aryl methyl sites for hydroxylation is 2. The molecule has 2 aliphatic rings. The molecule has 3 aromatic rings. The van der Waals surface area contributed by atoms with Gasteiger partial charge in [0, 0.05) is 45.6 Å². The van der Waals surface area contributed by atoms with Crippen molar-refractivity contribution in [2.24, 2.45) is 5.92 Å². The predicted molar refractivity (Wildman–Crippen MR) is 145 cm³/mol. The Hall–Kier alpha value is -2.54. The number of rotatable bonds is 5. The highest BCUT2D eigenvalue weighted by molar-refractivity contribution is 6.35. The molecule has 2 aromatic carbocycles. The number of ether oxygens (including phenoxy) is 1. The van der Waals surface area contributed by atoms with E-state index in [2.05, 4.69) is 0 Å². The molecule has 0 spiro atoms. The summed E-state index contributed by atoms with van der Waals surface area (Å²) in [6, 6.07) is 8.93. The van der Waals surface area contributed by atoms with Crippen LogP contribution in [0.3, 0.4) is 0 Å². The maximum Gasteiger partial charge on any atom is 0.340 e. The highest BCUT2D eigenvalue weighted by Gasteiger charge is 2.43. The number of nitrogens with zero attached hydrogens (tertiary/aromatic N) is 1. The second-order valence-electron chi connectivity index (χ2n) is 10.4. The first-order valence-corrected chi connectivity index (χ1v) is 13.5. The number of benzene rings is 2. The minimum Gasteiger partial charge on any atom is -0.488 e. The molecule has 2 heterocycles. The number of amides is 1.